The number of hydrogen-bond acceptors (Lipinski definition) is 5. The van der Waals surface area contributed by atoms with E-state index < -0.39 is 11.8 Å². The topological polar surface area (TPSA) is 98.4 Å². The summed E-state index contributed by atoms with van der Waals surface area (Å²) in [6.45, 7) is 2.56. The highest BCUT2D eigenvalue weighted by Crippen LogP contribution is 2.24. The monoisotopic (exact) mass is 402 g/mol. The molecule has 0 radical (unpaired) electrons. The quantitative estimate of drug-likeness (QED) is 0.631. The summed E-state index contributed by atoms with van der Waals surface area (Å²) < 4.78 is 12.7. The van der Waals surface area contributed by atoms with Crippen LogP contribution >= 0.6 is 11.6 Å². The van der Waals surface area contributed by atoms with Gasteiger partial charge in [-0.15, -0.1) is 0 Å². The highest BCUT2D eigenvalue weighted by molar-refractivity contribution is 6.32. The van der Waals surface area contributed by atoms with Crippen molar-refractivity contribution in [2.24, 2.45) is 0 Å². The summed E-state index contributed by atoms with van der Waals surface area (Å²) in [4.78, 5) is 24.4. The largest absolute Gasteiger partial charge is 0.484 e. The lowest BCUT2D eigenvalue weighted by atomic mass is 10.3. The predicted molar refractivity (Wildman–Crippen MR) is 104 cm³/mol. The van der Waals surface area contributed by atoms with Gasteiger partial charge in [0.25, 0.3) is 11.8 Å². The second-order valence-electron chi connectivity index (χ2n) is 5.77. The van der Waals surface area contributed by atoms with Crippen molar-refractivity contribution in [2.45, 2.75) is 20.1 Å². The van der Waals surface area contributed by atoms with Crippen LogP contribution in [0.15, 0.2) is 47.0 Å². The normalized spacial score (nSPS) is 10.5. The van der Waals surface area contributed by atoms with E-state index in [4.69, 9.17) is 20.8 Å². The van der Waals surface area contributed by atoms with Crippen molar-refractivity contribution in [2.75, 3.05) is 12.4 Å². The van der Waals surface area contributed by atoms with Crippen LogP contribution in [0, 0.1) is 0 Å². The lowest BCUT2D eigenvalue weighted by Crippen LogP contribution is -2.21. The molecule has 3 rings (SSSR count). The number of aromatic nitrogens is 2. The lowest BCUT2D eigenvalue weighted by molar-refractivity contribution is 0.0958. The summed E-state index contributed by atoms with van der Waals surface area (Å²) >= 11 is 6.04. The molecule has 8 nitrogen and oxygen atoms in total. The number of rotatable bonds is 7. The first-order chi connectivity index (χ1) is 13.5. The first-order valence-corrected chi connectivity index (χ1v) is 8.96. The first kappa shape index (κ1) is 19.5. The number of hydrogen-bond donors (Lipinski definition) is 2. The molecule has 0 fully saturated rings. The second kappa shape index (κ2) is 8.62. The van der Waals surface area contributed by atoms with Crippen LogP contribution in [0.1, 0.15) is 33.7 Å². The second-order valence-corrected chi connectivity index (χ2v) is 6.17. The van der Waals surface area contributed by atoms with Gasteiger partial charge in [0, 0.05) is 19.8 Å². The van der Waals surface area contributed by atoms with Crippen LogP contribution in [0.3, 0.4) is 0 Å². The number of carbonyl (C=O) groups is 2. The number of ether oxygens (including phenoxy) is 1. The van der Waals surface area contributed by atoms with Gasteiger partial charge >= 0.3 is 0 Å². The fourth-order valence-electron chi connectivity index (χ4n) is 2.43. The molecule has 2 heterocycles. The van der Waals surface area contributed by atoms with E-state index in [1.807, 2.05) is 13.0 Å². The number of anilines is 1. The van der Waals surface area contributed by atoms with E-state index in [0.717, 1.165) is 0 Å². The molecule has 0 saturated carbocycles. The van der Waals surface area contributed by atoms with Crippen LogP contribution in [-0.2, 0) is 13.2 Å². The zero-order valence-electron chi connectivity index (χ0n) is 15.4. The Morgan fingerprint density at radius 2 is 2.00 bits per heavy atom. The summed E-state index contributed by atoms with van der Waals surface area (Å²) in [6.07, 6.45) is 1.59. The van der Waals surface area contributed by atoms with Crippen molar-refractivity contribution in [1.29, 1.82) is 0 Å². The fourth-order valence-corrected chi connectivity index (χ4v) is 2.62. The SMILES string of the molecule is CCn1cc(NC(=O)c2ccc(COc3ccccc3Cl)o2)c(C(=O)NC)n1. The molecule has 0 spiro atoms. The molecule has 9 heteroatoms. The average molecular weight is 403 g/mol. The number of aryl methyl sites for hydroxylation is 1. The highest BCUT2D eigenvalue weighted by atomic mass is 35.5. The zero-order valence-corrected chi connectivity index (χ0v) is 16.1. The zero-order chi connectivity index (χ0) is 20.1. The molecule has 0 bridgehead atoms. The molecule has 0 aliphatic rings. The van der Waals surface area contributed by atoms with Gasteiger partial charge in [-0.05, 0) is 31.2 Å². The number of furan rings is 1. The van der Waals surface area contributed by atoms with Crippen LogP contribution in [0.25, 0.3) is 0 Å². The molecule has 0 aliphatic heterocycles. The number of amides is 2. The highest BCUT2D eigenvalue weighted by Gasteiger charge is 2.20. The van der Waals surface area contributed by atoms with Crippen LogP contribution in [0.5, 0.6) is 5.75 Å². The van der Waals surface area contributed by atoms with Gasteiger partial charge in [0.05, 0.1) is 10.7 Å². The third-order valence-electron chi connectivity index (χ3n) is 3.87. The average Bonchev–Trinajstić information content (AvgIpc) is 3.34. The van der Waals surface area contributed by atoms with Crippen LogP contribution in [-0.4, -0.2) is 28.6 Å². The summed E-state index contributed by atoms with van der Waals surface area (Å²) in [5, 5.41) is 9.79. The van der Waals surface area contributed by atoms with Gasteiger partial charge in [0.15, 0.2) is 11.5 Å². The number of para-hydroxylation sites is 1. The van der Waals surface area contributed by atoms with Gasteiger partial charge in [-0.3, -0.25) is 14.3 Å². The molecular weight excluding hydrogens is 384 g/mol. The summed E-state index contributed by atoms with van der Waals surface area (Å²) in [5.74, 6) is 0.181. The van der Waals surface area contributed by atoms with E-state index >= 15 is 0 Å². The minimum Gasteiger partial charge on any atom is -0.484 e. The van der Waals surface area contributed by atoms with Gasteiger partial charge < -0.3 is 19.8 Å². The molecule has 2 amide bonds. The maximum atomic E-state index is 12.5. The molecule has 28 heavy (non-hydrogen) atoms. The van der Waals surface area contributed by atoms with Gasteiger partial charge in [0.1, 0.15) is 18.1 Å². The molecule has 0 aliphatic carbocycles. The molecular formula is C19H19ClN4O4. The number of halogens is 1. The molecule has 3 aromatic rings. The van der Waals surface area contributed by atoms with Crippen molar-refractivity contribution in [1.82, 2.24) is 15.1 Å². The van der Waals surface area contributed by atoms with E-state index in [9.17, 15) is 9.59 Å². The summed E-state index contributed by atoms with van der Waals surface area (Å²) in [5.41, 5.74) is 0.433. The Morgan fingerprint density at radius 3 is 2.71 bits per heavy atom. The Morgan fingerprint density at radius 1 is 1.21 bits per heavy atom. The third kappa shape index (κ3) is 4.34. The fraction of sp³-hybridized carbons (Fsp3) is 0.211. The number of nitrogens with zero attached hydrogens (tertiary/aromatic N) is 2. The number of carbonyl (C=O) groups excluding carboxylic acids is 2. The molecule has 2 N–H and O–H groups in total. The Bertz CT molecular complexity index is 995. The minimum atomic E-state index is -0.496. The van der Waals surface area contributed by atoms with E-state index in [0.29, 0.717) is 28.8 Å². The lowest BCUT2D eigenvalue weighted by Gasteiger charge is -2.05. The van der Waals surface area contributed by atoms with Crippen LogP contribution < -0.4 is 15.4 Å². The van der Waals surface area contributed by atoms with E-state index in [1.54, 1.807) is 35.1 Å². The molecule has 146 valence electrons. The van der Waals surface area contributed by atoms with Gasteiger partial charge in [-0.25, -0.2) is 0 Å². The maximum absolute atomic E-state index is 12.5. The Kier molecular flexibility index (Phi) is 6.00. The molecule has 1 aromatic carbocycles. The smallest absolute Gasteiger partial charge is 0.291 e. The third-order valence-corrected chi connectivity index (χ3v) is 4.18. The first-order valence-electron chi connectivity index (χ1n) is 8.58. The molecule has 0 saturated heterocycles. The van der Waals surface area contributed by atoms with Crippen molar-refractivity contribution in [3.63, 3.8) is 0 Å². The van der Waals surface area contributed by atoms with E-state index in [-0.39, 0.29) is 18.1 Å². The minimum absolute atomic E-state index is 0.0878. The number of nitrogens with one attached hydrogen (secondary N) is 2. The van der Waals surface area contributed by atoms with Crippen molar-refractivity contribution in [3.05, 3.63) is 64.8 Å². The van der Waals surface area contributed by atoms with Gasteiger partial charge in [-0.2, -0.15) is 5.10 Å². The van der Waals surface area contributed by atoms with Gasteiger partial charge in [-0.1, -0.05) is 23.7 Å². The van der Waals surface area contributed by atoms with Crippen LogP contribution in [0.4, 0.5) is 5.69 Å². The van der Waals surface area contributed by atoms with Crippen molar-refractivity contribution >= 4 is 29.1 Å². The molecule has 0 unspecified atom stereocenters. The van der Waals surface area contributed by atoms with Crippen molar-refractivity contribution in [3.8, 4) is 5.75 Å². The summed E-state index contributed by atoms with van der Waals surface area (Å²) in [7, 11) is 1.50. The summed E-state index contributed by atoms with van der Waals surface area (Å²) in [6, 6.07) is 10.2. The Balaban J connectivity index is 1.68. The molecule has 2 aromatic heterocycles. The predicted octanol–water partition coefficient (Wildman–Crippen LogP) is 3.34. The van der Waals surface area contributed by atoms with Crippen molar-refractivity contribution < 1.29 is 18.7 Å². The Labute approximate surface area is 166 Å². The van der Waals surface area contributed by atoms with E-state index in [1.165, 1.54) is 13.1 Å². The standard InChI is InChI=1S/C19H19ClN4O4/c1-3-24-10-14(17(23-24)19(26)21-2)22-18(25)16-9-8-12(28-16)11-27-15-7-5-4-6-13(15)20/h4-10H,3,11H2,1-2H3,(H,21,26)(H,22,25). The van der Waals surface area contributed by atoms with Crippen LogP contribution in [0.2, 0.25) is 5.02 Å². The maximum Gasteiger partial charge on any atom is 0.291 e. The van der Waals surface area contributed by atoms with E-state index in [2.05, 4.69) is 15.7 Å². The number of benzene rings is 1. The Hall–Kier alpha value is -3.26. The molecule has 0 atom stereocenters. The van der Waals surface area contributed by atoms with Gasteiger partial charge in [0.2, 0.25) is 0 Å².